The monoisotopic (exact) mass is 361 g/mol. The molecule has 1 heterocycles. The molecule has 0 spiro atoms. The largest absolute Gasteiger partial charge is 0.497 e. The van der Waals surface area contributed by atoms with Crippen molar-refractivity contribution in [1.29, 1.82) is 0 Å². The molecule has 2 aromatic carbocycles. The maximum absolute atomic E-state index is 12.5. The zero-order valence-electron chi connectivity index (χ0n) is 15.5. The SMILES string of the molecule is CCc1ccc(NC(=O)c2ccnc(NCc3ccc(OC)cc3)c2)cc1. The van der Waals surface area contributed by atoms with Crippen LogP contribution in [0.25, 0.3) is 0 Å². The number of hydrogen-bond acceptors (Lipinski definition) is 4. The summed E-state index contributed by atoms with van der Waals surface area (Å²) in [7, 11) is 1.64. The Hall–Kier alpha value is -3.34. The van der Waals surface area contributed by atoms with Gasteiger partial charge in [-0.15, -0.1) is 0 Å². The second kappa shape index (κ2) is 8.85. The molecule has 3 rings (SSSR count). The number of nitrogens with zero attached hydrogens (tertiary/aromatic N) is 1. The van der Waals surface area contributed by atoms with Crippen LogP contribution in [0, 0.1) is 0 Å². The van der Waals surface area contributed by atoms with Gasteiger partial charge in [-0.2, -0.15) is 0 Å². The number of nitrogens with one attached hydrogen (secondary N) is 2. The highest BCUT2D eigenvalue weighted by atomic mass is 16.5. The molecule has 2 N–H and O–H groups in total. The predicted octanol–water partition coefficient (Wildman–Crippen LogP) is 4.52. The third-order valence-corrected chi connectivity index (χ3v) is 4.27. The highest BCUT2D eigenvalue weighted by molar-refractivity contribution is 6.04. The normalized spacial score (nSPS) is 10.3. The number of rotatable bonds is 7. The number of methoxy groups -OCH3 is 1. The van der Waals surface area contributed by atoms with Crippen molar-refractivity contribution in [3.8, 4) is 5.75 Å². The van der Waals surface area contributed by atoms with Crippen LogP contribution in [0.4, 0.5) is 11.5 Å². The van der Waals surface area contributed by atoms with Crippen LogP contribution in [0.1, 0.15) is 28.4 Å². The maximum Gasteiger partial charge on any atom is 0.255 e. The van der Waals surface area contributed by atoms with E-state index in [2.05, 4.69) is 22.5 Å². The van der Waals surface area contributed by atoms with E-state index in [9.17, 15) is 4.79 Å². The smallest absolute Gasteiger partial charge is 0.255 e. The summed E-state index contributed by atoms with van der Waals surface area (Å²) >= 11 is 0. The molecule has 0 fully saturated rings. The highest BCUT2D eigenvalue weighted by Crippen LogP contribution is 2.15. The Labute approximate surface area is 159 Å². The Balaban J connectivity index is 1.62. The van der Waals surface area contributed by atoms with Crippen LogP contribution in [0.3, 0.4) is 0 Å². The summed E-state index contributed by atoms with van der Waals surface area (Å²) in [6, 6.07) is 19.1. The lowest BCUT2D eigenvalue weighted by atomic mass is 10.1. The first-order valence-corrected chi connectivity index (χ1v) is 8.91. The lowest BCUT2D eigenvalue weighted by Crippen LogP contribution is -2.12. The van der Waals surface area contributed by atoms with Crippen molar-refractivity contribution in [2.45, 2.75) is 19.9 Å². The van der Waals surface area contributed by atoms with Crippen molar-refractivity contribution in [2.24, 2.45) is 0 Å². The predicted molar refractivity (Wildman–Crippen MR) is 108 cm³/mol. The number of ether oxygens (including phenoxy) is 1. The Morgan fingerprint density at radius 3 is 2.37 bits per heavy atom. The van der Waals surface area contributed by atoms with E-state index < -0.39 is 0 Å². The first-order chi connectivity index (χ1) is 13.2. The molecule has 0 atom stereocenters. The van der Waals surface area contributed by atoms with Crippen LogP contribution in [0.5, 0.6) is 5.75 Å². The van der Waals surface area contributed by atoms with E-state index in [4.69, 9.17) is 4.74 Å². The second-order valence-electron chi connectivity index (χ2n) is 6.14. The Kier molecular flexibility index (Phi) is 6.05. The average Bonchev–Trinajstić information content (AvgIpc) is 2.73. The van der Waals surface area contributed by atoms with E-state index in [1.165, 1.54) is 5.56 Å². The van der Waals surface area contributed by atoms with Gasteiger partial charge in [0.05, 0.1) is 7.11 Å². The third kappa shape index (κ3) is 5.07. The van der Waals surface area contributed by atoms with Crippen LogP contribution >= 0.6 is 0 Å². The summed E-state index contributed by atoms with van der Waals surface area (Å²) in [5.74, 6) is 1.32. The van der Waals surface area contributed by atoms with Gasteiger partial charge in [0.2, 0.25) is 0 Å². The summed E-state index contributed by atoms with van der Waals surface area (Å²) in [6.07, 6.45) is 2.60. The number of anilines is 2. The standard InChI is InChI=1S/C22H23N3O2/c1-3-16-4-8-19(9-5-16)25-22(26)18-12-13-23-21(14-18)24-15-17-6-10-20(27-2)11-7-17/h4-14H,3,15H2,1-2H3,(H,23,24)(H,25,26). The average molecular weight is 361 g/mol. The summed E-state index contributed by atoms with van der Waals surface area (Å²) in [5.41, 5.74) is 3.67. The maximum atomic E-state index is 12.5. The van der Waals surface area contributed by atoms with Gasteiger partial charge in [0, 0.05) is 24.0 Å². The van der Waals surface area contributed by atoms with E-state index >= 15 is 0 Å². The first-order valence-electron chi connectivity index (χ1n) is 8.91. The van der Waals surface area contributed by atoms with Gasteiger partial charge in [-0.3, -0.25) is 4.79 Å². The number of carbonyl (C=O) groups excluding carboxylic acids is 1. The minimum Gasteiger partial charge on any atom is -0.497 e. The number of carbonyl (C=O) groups is 1. The molecular formula is C22H23N3O2. The minimum absolute atomic E-state index is 0.158. The molecule has 0 aliphatic carbocycles. The Bertz CT molecular complexity index is 890. The molecule has 138 valence electrons. The summed E-state index contributed by atoms with van der Waals surface area (Å²) in [5, 5.41) is 6.16. The Morgan fingerprint density at radius 1 is 1.00 bits per heavy atom. The van der Waals surface area contributed by atoms with Crippen molar-refractivity contribution in [1.82, 2.24) is 4.98 Å². The van der Waals surface area contributed by atoms with Crippen molar-refractivity contribution in [3.05, 3.63) is 83.6 Å². The molecule has 1 aromatic heterocycles. The van der Waals surface area contributed by atoms with Crippen LogP contribution in [-0.4, -0.2) is 18.0 Å². The summed E-state index contributed by atoms with van der Waals surface area (Å²) < 4.78 is 5.16. The lowest BCUT2D eigenvalue weighted by molar-refractivity contribution is 0.102. The zero-order chi connectivity index (χ0) is 19.1. The van der Waals surface area contributed by atoms with Gasteiger partial charge >= 0.3 is 0 Å². The molecular weight excluding hydrogens is 338 g/mol. The molecule has 0 radical (unpaired) electrons. The first kappa shape index (κ1) is 18.5. The molecule has 5 nitrogen and oxygen atoms in total. The van der Waals surface area contributed by atoms with Crippen molar-refractivity contribution >= 4 is 17.4 Å². The van der Waals surface area contributed by atoms with Gasteiger partial charge in [0.25, 0.3) is 5.91 Å². The molecule has 1 amide bonds. The van der Waals surface area contributed by atoms with E-state index in [1.54, 1.807) is 25.4 Å². The lowest BCUT2D eigenvalue weighted by Gasteiger charge is -2.09. The fourth-order valence-corrected chi connectivity index (χ4v) is 2.63. The molecule has 27 heavy (non-hydrogen) atoms. The fraction of sp³-hybridized carbons (Fsp3) is 0.182. The number of benzene rings is 2. The number of amides is 1. The molecule has 3 aromatic rings. The van der Waals surface area contributed by atoms with Crippen LogP contribution in [-0.2, 0) is 13.0 Å². The quantitative estimate of drug-likeness (QED) is 0.650. The van der Waals surface area contributed by atoms with Crippen LogP contribution < -0.4 is 15.4 Å². The highest BCUT2D eigenvalue weighted by Gasteiger charge is 2.08. The number of hydrogen-bond donors (Lipinski definition) is 2. The number of pyridine rings is 1. The third-order valence-electron chi connectivity index (χ3n) is 4.27. The van der Waals surface area contributed by atoms with Crippen molar-refractivity contribution in [2.75, 3.05) is 17.7 Å². The van der Waals surface area contributed by atoms with Crippen molar-refractivity contribution < 1.29 is 9.53 Å². The summed E-state index contributed by atoms with van der Waals surface area (Å²) in [6.45, 7) is 2.71. The topological polar surface area (TPSA) is 63.2 Å². The van der Waals surface area contributed by atoms with E-state index in [0.29, 0.717) is 17.9 Å². The minimum atomic E-state index is -0.158. The van der Waals surface area contributed by atoms with Crippen LogP contribution in [0.15, 0.2) is 66.9 Å². The molecule has 0 aliphatic rings. The molecule has 0 aliphatic heterocycles. The molecule has 0 saturated heterocycles. The van der Waals surface area contributed by atoms with Crippen LogP contribution in [0.2, 0.25) is 0 Å². The number of aryl methyl sites for hydroxylation is 1. The van der Waals surface area contributed by atoms with E-state index in [-0.39, 0.29) is 5.91 Å². The molecule has 0 unspecified atom stereocenters. The van der Waals surface area contributed by atoms with Gasteiger partial charge in [0.15, 0.2) is 0 Å². The van der Waals surface area contributed by atoms with Gasteiger partial charge < -0.3 is 15.4 Å². The van der Waals surface area contributed by atoms with Gasteiger partial charge in [0.1, 0.15) is 11.6 Å². The number of aromatic nitrogens is 1. The van der Waals surface area contributed by atoms with E-state index in [0.717, 1.165) is 23.4 Å². The molecule has 0 saturated carbocycles. The molecule has 0 bridgehead atoms. The van der Waals surface area contributed by atoms with Gasteiger partial charge in [-0.1, -0.05) is 31.2 Å². The van der Waals surface area contributed by atoms with Crippen molar-refractivity contribution in [3.63, 3.8) is 0 Å². The van der Waals surface area contributed by atoms with Gasteiger partial charge in [-0.05, 0) is 53.9 Å². The molecule has 5 heteroatoms. The summed E-state index contributed by atoms with van der Waals surface area (Å²) in [4.78, 5) is 16.8. The van der Waals surface area contributed by atoms with Gasteiger partial charge in [-0.25, -0.2) is 4.98 Å². The fourth-order valence-electron chi connectivity index (χ4n) is 2.63. The van der Waals surface area contributed by atoms with E-state index in [1.807, 2.05) is 48.5 Å². The Morgan fingerprint density at radius 2 is 1.70 bits per heavy atom. The second-order valence-corrected chi connectivity index (χ2v) is 6.14. The zero-order valence-corrected chi connectivity index (χ0v) is 15.5.